The third kappa shape index (κ3) is 2.70. The summed E-state index contributed by atoms with van der Waals surface area (Å²) in [6, 6.07) is 0. The van der Waals surface area contributed by atoms with Crippen LogP contribution in [0.3, 0.4) is 0 Å². The van der Waals surface area contributed by atoms with Crippen LogP contribution in [0.15, 0.2) is 0 Å². The van der Waals surface area contributed by atoms with Gasteiger partial charge in [0, 0.05) is 35.5 Å². The molecule has 1 unspecified atom stereocenters. The maximum absolute atomic E-state index is 11.5. The minimum atomic E-state index is -2.45. The molecule has 1 heterocycles. The van der Waals surface area contributed by atoms with Crippen LogP contribution >= 0.6 is 0 Å². The quantitative estimate of drug-likeness (QED) is 0.765. The molecule has 0 radical (unpaired) electrons. The van der Waals surface area contributed by atoms with Crippen molar-refractivity contribution in [2.24, 2.45) is 5.92 Å². The molecule has 14 heavy (non-hydrogen) atoms. The summed E-state index contributed by atoms with van der Waals surface area (Å²) in [7, 11) is -2.45. The molecule has 1 atom stereocenters. The van der Waals surface area contributed by atoms with Gasteiger partial charge in [0.25, 0.3) is 0 Å². The van der Waals surface area contributed by atoms with Gasteiger partial charge in [-0.1, -0.05) is 13.8 Å². The number of nitrogens with zero attached hydrogens (tertiary/aromatic N) is 1. The highest BCUT2D eigenvalue weighted by molar-refractivity contribution is 7.92. The van der Waals surface area contributed by atoms with E-state index in [0.29, 0.717) is 25.4 Å². The summed E-state index contributed by atoms with van der Waals surface area (Å²) in [6.45, 7) is 5.01. The largest absolute Gasteiger partial charge is 0.340 e. The molecule has 1 aliphatic rings. The molecule has 0 saturated carbocycles. The first-order chi connectivity index (χ1) is 6.30. The Morgan fingerprint density at radius 1 is 1.57 bits per heavy atom. The molecule has 82 valence electrons. The lowest BCUT2D eigenvalue weighted by Gasteiger charge is -2.39. The zero-order valence-electron chi connectivity index (χ0n) is 8.95. The number of hydrogen-bond donors (Lipinski definition) is 1. The standard InChI is InChI=1S/C9H18N2O2S/c1-7(2)4-9(12)11-5-8(6-11)14(3,10)13/h7-8,10H,4-6H2,1-3H3. The molecule has 1 rings (SSSR count). The summed E-state index contributed by atoms with van der Waals surface area (Å²) < 4.78 is 18.6. The third-order valence-electron chi connectivity index (χ3n) is 2.42. The Bertz CT molecular complexity index is 316. The van der Waals surface area contributed by atoms with Gasteiger partial charge in [0.2, 0.25) is 5.91 Å². The number of nitrogens with one attached hydrogen (secondary N) is 1. The van der Waals surface area contributed by atoms with Crippen molar-refractivity contribution in [3.63, 3.8) is 0 Å². The topological polar surface area (TPSA) is 61.2 Å². The molecule has 0 aromatic rings. The highest BCUT2D eigenvalue weighted by atomic mass is 32.2. The van der Waals surface area contributed by atoms with E-state index in [0.717, 1.165) is 0 Å². The van der Waals surface area contributed by atoms with Gasteiger partial charge in [-0.15, -0.1) is 0 Å². The number of likely N-dealkylation sites (tertiary alicyclic amines) is 1. The second-order valence-corrected chi connectivity index (χ2v) is 6.90. The van der Waals surface area contributed by atoms with E-state index in [1.54, 1.807) is 4.90 Å². The summed E-state index contributed by atoms with van der Waals surface area (Å²) in [5.74, 6) is 0.489. The summed E-state index contributed by atoms with van der Waals surface area (Å²) in [5.41, 5.74) is 0. The average Bonchev–Trinajstić information content (AvgIpc) is 1.75. The smallest absolute Gasteiger partial charge is 0.222 e. The fraction of sp³-hybridized carbons (Fsp3) is 0.889. The van der Waals surface area contributed by atoms with Gasteiger partial charge in [0.05, 0.1) is 5.25 Å². The van der Waals surface area contributed by atoms with Gasteiger partial charge in [-0.25, -0.2) is 4.21 Å². The first-order valence-electron chi connectivity index (χ1n) is 4.81. The van der Waals surface area contributed by atoms with Crippen molar-refractivity contribution in [2.75, 3.05) is 19.3 Å². The molecule has 0 aromatic heterocycles. The van der Waals surface area contributed by atoms with Crippen molar-refractivity contribution < 1.29 is 9.00 Å². The lowest BCUT2D eigenvalue weighted by Crippen LogP contribution is -2.56. The van der Waals surface area contributed by atoms with E-state index in [9.17, 15) is 9.00 Å². The number of carbonyl (C=O) groups is 1. The fourth-order valence-electron chi connectivity index (χ4n) is 1.40. The molecule has 1 fully saturated rings. The first kappa shape index (κ1) is 11.5. The Hall–Kier alpha value is -0.580. The van der Waals surface area contributed by atoms with Crippen LogP contribution in [-0.2, 0) is 14.5 Å². The Balaban J connectivity index is 2.38. The number of amides is 1. The van der Waals surface area contributed by atoms with Crippen LogP contribution in [-0.4, -0.2) is 39.6 Å². The SMILES string of the molecule is CC(C)CC(=O)N1CC(S(C)(=N)=O)C1. The van der Waals surface area contributed by atoms with Crippen LogP contribution in [0.5, 0.6) is 0 Å². The van der Waals surface area contributed by atoms with E-state index < -0.39 is 9.73 Å². The van der Waals surface area contributed by atoms with E-state index in [-0.39, 0.29) is 11.2 Å². The Morgan fingerprint density at radius 3 is 2.43 bits per heavy atom. The number of hydrogen-bond acceptors (Lipinski definition) is 3. The molecule has 0 aromatic carbocycles. The van der Waals surface area contributed by atoms with E-state index in [4.69, 9.17) is 4.78 Å². The minimum Gasteiger partial charge on any atom is -0.340 e. The van der Waals surface area contributed by atoms with Crippen molar-refractivity contribution in [3.8, 4) is 0 Å². The van der Waals surface area contributed by atoms with E-state index in [2.05, 4.69) is 0 Å². The summed E-state index contributed by atoms with van der Waals surface area (Å²) in [5, 5.41) is -0.112. The van der Waals surface area contributed by atoms with Crippen molar-refractivity contribution in [2.45, 2.75) is 25.5 Å². The van der Waals surface area contributed by atoms with Crippen LogP contribution in [0, 0.1) is 10.7 Å². The molecular weight excluding hydrogens is 200 g/mol. The van der Waals surface area contributed by atoms with Gasteiger partial charge in [0.1, 0.15) is 0 Å². The van der Waals surface area contributed by atoms with Gasteiger partial charge in [0.15, 0.2) is 0 Å². The molecule has 4 nitrogen and oxygen atoms in total. The maximum Gasteiger partial charge on any atom is 0.222 e. The van der Waals surface area contributed by atoms with Crippen LogP contribution in [0.2, 0.25) is 0 Å². The monoisotopic (exact) mass is 218 g/mol. The molecule has 5 heteroatoms. The highest BCUT2D eigenvalue weighted by Gasteiger charge is 2.35. The van der Waals surface area contributed by atoms with Crippen LogP contribution in [0.4, 0.5) is 0 Å². The summed E-state index contributed by atoms with van der Waals surface area (Å²) in [4.78, 5) is 13.2. The van der Waals surface area contributed by atoms with Crippen LogP contribution < -0.4 is 0 Å². The Morgan fingerprint density at radius 2 is 2.07 bits per heavy atom. The van der Waals surface area contributed by atoms with Crippen LogP contribution in [0.1, 0.15) is 20.3 Å². The third-order valence-corrected chi connectivity index (χ3v) is 3.99. The summed E-state index contributed by atoms with van der Waals surface area (Å²) in [6.07, 6.45) is 2.00. The average molecular weight is 218 g/mol. The van der Waals surface area contributed by atoms with E-state index in [1.807, 2.05) is 13.8 Å². The lowest BCUT2D eigenvalue weighted by atomic mass is 10.1. The van der Waals surface area contributed by atoms with Gasteiger partial charge in [-0.05, 0) is 5.92 Å². The van der Waals surface area contributed by atoms with Crippen molar-refractivity contribution in [1.82, 2.24) is 4.90 Å². The first-order valence-corrected chi connectivity index (χ1v) is 6.84. The molecule has 1 saturated heterocycles. The minimum absolute atomic E-state index is 0.112. The molecule has 1 aliphatic heterocycles. The van der Waals surface area contributed by atoms with Crippen molar-refractivity contribution >= 4 is 15.6 Å². The highest BCUT2D eigenvalue weighted by Crippen LogP contribution is 2.18. The number of rotatable bonds is 3. The van der Waals surface area contributed by atoms with E-state index >= 15 is 0 Å². The zero-order valence-corrected chi connectivity index (χ0v) is 9.76. The van der Waals surface area contributed by atoms with Gasteiger partial charge in [-0.2, -0.15) is 0 Å². The molecule has 1 N–H and O–H groups in total. The zero-order chi connectivity index (χ0) is 10.9. The summed E-state index contributed by atoms with van der Waals surface area (Å²) >= 11 is 0. The van der Waals surface area contributed by atoms with Crippen molar-refractivity contribution in [3.05, 3.63) is 0 Å². The van der Waals surface area contributed by atoms with Gasteiger partial charge >= 0.3 is 0 Å². The maximum atomic E-state index is 11.5. The second-order valence-electron chi connectivity index (χ2n) is 4.42. The number of carbonyl (C=O) groups excluding carboxylic acids is 1. The van der Waals surface area contributed by atoms with Gasteiger partial charge in [-0.3, -0.25) is 9.57 Å². The fourth-order valence-corrected chi connectivity index (χ4v) is 2.33. The predicted molar refractivity (Wildman–Crippen MR) is 56.6 cm³/mol. The second kappa shape index (κ2) is 3.88. The normalized spacial score (nSPS) is 21.9. The Labute approximate surface area is 85.6 Å². The Kier molecular flexibility index (Phi) is 3.19. The van der Waals surface area contributed by atoms with Crippen molar-refractivity contribution in [1.29, 1.82) is 4.78 Å². The predicted octanol–water partition coefficient (Wildman–Crippen LogP) is 0.920. The lowest BCUT2D eigenvalue weighted by molar-refractivity contribution is -0.135. The molecule has 0 bridgehead atoms. The molecule has 0 aliphatic carbocycles. The molecule has 1 amide bonds. The van der Waals surface area contributed by atoms with E-state index in [1.165, 1.54) is 6.26 Å². The molecule has 0 spiro atoms. The van der Waals surface area contributed by atoms with Crippen LogP contribution in [0.25, 0.3) is 0 Å². The molecular formula is C9H18N2O2S. The van der Waals surface area contributed by atoms with Gasteiger partial charge < -0.3 is 4.90 Å².